The minimum absolute atomic E-state index is 0.206. The Bertz CT molecular complexity index is 741. The summed E-state index contributed by atoms with van der Waals surface area (Å²) >= 11 is 0. The summed E-state index contributed by atoms with van der Waals surface area (Å²) < 4.78 is 5.65. The highest BCUT2D eigenvalue weighted by Crippen LogP contribution is 2.13. The number of ether oxygens (including phenoxy) is 1. The zero-order valence-corrected chi connectivity index (χ0v) is 14.5. The van der Waals surface area contributed by atoms with Gasteiger partial charge in [0.1, 0.15) is 18.4 Å². The van der Waals surface area contributed by atoms with E-state index in [1.807, 2.05) is 25.1 Å². The van der Waals surface area contributed by atoms with Gasteiger partial charge in [0.25, 0.3) is 5.91 Å². The van der Waals surface area contributed by atoms with Crippen LogP contribution in [-0.2, 0) is 11.4 Å². The minimum Gasteiger partial charge on any atom is -0.487 e. The Morgan fingerprint density at radius 1 is 1.24 bits per heavy atom. The number of nitrogens with one attached hydrogen (secondary N) is 1. The molecule has 132 valence electrons. The maximum atomic E-state index is 12.3. The summed E-state index contributed by atoms with van der Waals surface area (Å²) in [5.74, 6) is -1.03. The molecule has 0 saturated heterocycles. The fourth-order valence-corrected chi connectivity index (χ4v) is 2.25. The number of pyridine rings is 1. The largest absolute Gasteiger partial charge is 0.487 e. The molecular weight excluding hydrogens is 320 g/mol. The van der Waals surface area contributed by atoms with Crippen molar-refractivity contribution in [2.24, 2.45) is 5.92 Å². The van der Waals surface area contributed by atoms with Crippen LogP contribution in [0.2, 0.25) is 0 Å². The van der Waals surface area contributed by atoms with Gasteiger partial charge in [-0.3, -0.25) is 9.78 Å². The van der Waals surface area contributed by atoms with Crippen molar-refractivity contribution in [3.8, 4) is 5.75 Å². The molecule has 1 aromatic carbocycles. The molecule has 1 amide bonds. The second kappa shape index (κ2) is 8.28. The highest BCUT2D eigenvalue weighted by molar-refractivity contribution is 5.96. The summed E-state index contributed by atoms with van der Waals surface area (Å²) in [4.78, 5) is 27.7. The van der Waals surface area contributed by atoms with E-state index in [9.17, 15) is 14.7 Å². The number of carboxylic acids is 1. The number of amides is 1. The van der Waals surface area contributed by atoms with Crippen molar-refractivity contribution in [2.45, 2.75) is 33.4 Å². The minimum atomic E-state index is -1.05. The third-order valence-corrected chi connectivity index (χ3v) is 3.70. The van der Waals surface area contributed by atoms with Gasteiger partial charge in [0, 0.05) is 11.3 Å². The van der Waals surface area contributed by atoms with E-state index in [0.29, 0.717) is 17.9 Å². The maximum Gasteiger partial charge on any atom is 0.326 e. The molecule has 0 fully saturated rings. The van der Waals surface area contributed by atoms with Crippen molar-refractivity contribution in [3.05, 3.63) is 59.4 Å². The van der Waals surface area contributed by atoms with Crippen LogP contribution in [0.4, 0.5) is 0 Å². The highest BCUT2D eigenvalue weighted by Gasteiger charge is 2.23. The molecule has 2 N–H and O–H groups in total. The number of carbonyl (C=O) groups is 2. The molecule has 2 aromatic rings. The smallest absolute Gasteiger partial charge is 0.326 e. The van der Waals surface area contributed by atoms with E-state index >= 15 is 0 Å². The van der Waals surface area contributed by atoms with Crippen LogP contribution >= 0.6 is 0 Å². The van der Waals surface area contributed by atoms with E-state index in [4.69, 9.17) is 4.74 Å². The highest BCUT2D eigenvalue weighted by atomic mass is 16.5. The van der Waals surface area contributed by atoms with Gasteiger partial charge in [-0.15, -0.1) is 0 Å². The first kappa shape index (κ1) is 18.4. The Morgan fingerprint density at radius 2 is 2.00 bits per heavy atom. The van der Waals surface area contributed by atoms with Gasteiger partial charge in [-0.25, -0.2) is 4.79 Å². The summed E-state index contributed by atoms with van der Waals surface area (Å²) in [6.07, 6.45) is 1.64. The zero-order valence-electron chi connectivity index (χ0n) is 14.5. The summed E-state index contributed by atoms with van der Waals surface area (Å²) in [6, 6.07) is 9.69. The van der Waals surface area contributed by atoms with Crippen molar-refractivity contribution in [1.82, 2.24) is 10.3 Å². The molecule has 0 aliphatic rings. The predicted molar refractivity (Wildman–Crippen MR) is 93.5 cm³/mol. The van der Waals surface area contributed by atoms with E-state index in [2.05, 4.69) is 10.3 Å². The predicted octanol–water partition coefficient (Wildman–Crippen LogP) is 2.81. The van der Waals surface area contributed by atoms with Gasteiger partial charge in [0.15, 0.2) is 0 Å². The third-order valence-electron chi connectivity index (χ3n) is 3.70. The summed E-state index contributed by atoms with van der Waals surface area (Å²) in [6.45, 7) is 5.68. The van der Waals surface area contributed by atoms with Crippen molar-refractivity contribution in [1.29, 1.82) is 0 Å². The lowest BCUT2D eigenvalue weighted by molar-refractivity contribution is -0.140. The van der Waals surface area contributed by atoms with E-state index < -0.39 is 17.9 Å². The topological polar surface area (TPSA) is 88.5 Å². The first-order chi connectivity index (χ1) is 11.9. The lowest BCUT2D eigenvalue weighted by atomic mass is 10.0. The Balaban J connectivity index is 2.03. The van der Waals surface area contributed by atoms with Gasteiger partial charge in [0.05, 0.1) is 6.20 Å². The van der Waals surface area contributed by atoms with Gasteiger partial charge in [-0.2, -0.15) is 0 Å². The van der Waals surface area contributed by atoms with Crippen molar-refractivity contribution in [3.63, 3.8) is 0 Å². The number of hydrogen-bond donors (Lipinski definition) is 2. The number of carboxylic acid groups (broad SMARTS) is 1. The SMILES string of the molecule is Cc1ccc(OCc2cccc(C(=O)NC(C(=O)O)C(C)C)c2)cn1. The molecule has 1 heterocycles. The van der Waals surface area contributed by atoms with Crippen LogP contribution < -0.4 is 10.1 Å². The fourth-order valence-electron chi connectivity index (χ4n) is 2.25. The number of hydrogen-bond acceptors (Lipinski definition) is 4. The van der Waals surface area contributed by atoms with Crippen molar-refractivity contribution in [2.75, 3.05) is 0 Å². The maximum absolute atomic E-state index is 12.3. The van der Waals surface area contributed by atoms with Gasteiger partial charge in [0.2, 0.25) is 0 Å². The van der Waals surface area contributed by atoms with Crippen LogP contribution in [0.5, 0.6) is 5.75 Å². The third kappa shape index (κ3) is 5.31. The molecule has 2 rings (SSSR count). The number of aliphatic carboxylic acids is 1. The Morgan fingerprint density at radius 3 is 2.60 bits per heavy atom. The first-order valence-electron chi connectivity index (χ1n) is 8.05. The number of carbonyl (C=O) groups excluding carboxylic acids is 1. The fraction of sp³-hybridized carbons (Fsp3) is 0.316. The van der Waals surface area contributed by atoms with E-state index in [1.54, 1.807) is 38.2 Å². The molecule has 1 atom stereocenters. The molecule has 0 radical (unpaired) electrons. The number of benzene rings is 1. The molecule has 0 aliphatic heterocycles. The first-order valence-corrected chi connectivity index (χ1v) is 8.05. The summed E-state index contributed by atoms with van der Waals surface area (Å²) in [7, 11) is 0. The zero-order chi connectivity index (χ0) is 18.4. The van der Waals surface area contributed by atoms with Gasteiger partial charge in [-0.1, -0.05) is 26.0 Å². The average Bonchev–Trinajstić information content (AvgIpc) is 2.58. The molecule has 6 heteroatoms. The van der Waals surface area contributed by atoms with Crippen LogP contribution in [0.3, 0.4) is 0 Å². The number of aromatic nitrogens is 1. The molecule has 25 heavy (non-hydrogen) atoms. The van der Waals surface area contributed by atoms with E-state index in [0.717, 1.165) is 11.3 Å². The van der Waals surface area contributed by atoms with Crippen LogP contribution in [0, 0.1) is 12.8 Å². The summed E-state index contributed by atoms with van der Waals surface area (Å²) in [5.41, 5.74) is 2.11. The average molecular weight is 342 g/mol. The monoisotopic (exact) mass is 342 g/mol. The quantitative estimate of drug-likeness (QED) is 0.808. The van der Waals surface area contributed by atoms with Crippen molar-refractivity contribution >= 4 is 11.9 Å². The van der Waals surface area contributed by atoms with E-state index in [1.165, 1.54) is 0 Å². The van der Waals surface area contributed by atoms with Gasteiger partial charge in [-0.05, 0) is 42.7 Å². The Kier molecular flexibility index (Phi) is 6.11. The second-order valence-electron chi connectivity index (χ2n) is 6.16. The number of aryl methyl sites for hydroxylation is 1. The van der Waals surface area contributed by atoms with Crippen molar-refractivity contribution < 1.29 is 19.4 Å². The second-order valence-corrected chi connectivity index (χ2v) is 6.16. The Labute approximate surface area is 146 Å². The lowest BCUT2D eigenvalue weighted by Crippen LogP contribution is -2.44. The standard InChI is InChI=1S/C19H22N2O4/c1-12(2)17(19(23)24)21-18(22)15-6-4-5-14(9-15)11-25-16-8-7-13(3)20-10-16/h4-10,12,17H,11H2,1-3H3,(H,21,22)(H,23,24). The molecular formula is C19H22N2O4. The molecule has 1 unspecified atom stereocenters. The molecule has 0 spiro atoms. The normalized spacial score (nSPS) is 11.8. The molecule has 6 nitrogen and oxygen atoms in total. The molecule has 0 saturated carbocycles. The lowest BCUT2D eigenvalue weighted by Gasteiger charge is -2.18. The number of nitrogens with zero attached hydrogens (tertiary/aromatic N) is 1. The van der Waals surface area contributed by atoms with E-state index in [-0.39, 0.29) is 5.92 Å². The van der Waals surface area contributed by atoms with Crippen LogP contribution in [-0.4, -0.2) is 28.0 Å². The number of rotatable bonds is 7. The molecule has 0 bridgehead atoms. The Hall–Kier alpha value is -2.89. The van der Waals surface area contributed by atoms with Gasteiger partial charge >= 0.3 is 5.97 Å². The van der Waals surface area contributed by atoms with Gasteiger partial charge < -0.3 is 15.2 Å². The van der Waals surface area contributed by atoms with Crippen LogP contribution in [0.1, 0.15) is 35.5 Å². The van der Waals surface area contributed by atoms with Crippen LogP contribution in [0.25, 0.3) is 0 Å². The molecule has 0 aliphatic carbocycles. The van der Waals surface area contributed by atoms with Crippen LogP contribution in [0.15, 0.2) is 42.6 Å². The summed E-state index contributed by atoms with van der Waals surface area (Å²) in [5, 5.41) is 11.7. The molecule has 1 aromatic heterocycles.